The van der Waals surface area contributed by atoms with E-state index >= 15 is 0 Å². The van der Waals surface area contributed by atoms with Crippen molar-refractivity contribution in [2.24, 2.45) is 0 Å². The highest BCUT2D eigenvalue weighted by atomic mass is 16.2. The van der Waals surface area contributed by atoms with Crippen LogP contribution in [0.25, 0.3) is 0 Å². The summed E-state index contributed by atoms with van der Waals surface area (Å²) in [7, 11) is 2.10. The molecule has 0 atom stereocenters. The van der Waals surface area contributed by atoms with Crippen LogP contribution in [0, 0.1) is 0 Å². The molecule has 20 heavy (non-hydrogen) atoms. The minimum absolute atomic E-state index is 0.00660. The Bertz CT molecular complexity index is 548. The van der Waals surface area contributed by atoms with E-state index in [9.17, 15) is 9.59 Å². The second-order valence-electron chi connectivity index (χ2n) is 5.65. The third kappa shape index (κ3) is 2.67. The quantitative estimate of drug-likeness (QED) is 0.845. The molecule has 2 amide bonds. The Labute approximate surface area is 118 Å². The van der Waals surface area contributed by atoms with Gasteiger partial charge in [0.1, 0.15) is 0 Å². The van der Waals surface area contributed by atoms with Crippen LogP contribution < -0.4 is 10.6 Å². The Hall–Kier alpha value is -1.88. The average molecular weight is 273 g/mol. The number of piperidine rings is 1. The number of carbonyl (C=O) groups excluding carboxylic acids is 2. The highest BCUT2D eigenvalue weighted by Crippen LogP contribution is 2.24. The van der Waals surface area contributed by atoms with Crippen LogP contribution in [0.1, 0.15) is 28.8 Å². The SMILES string of the molecule is CN1CCC(NC(=O)c2ccc3c(c2)NC(=O)C3)CC1. The lowest BCUT2D eigenvalue weighted by Gasteiger charge is -2.29. The second kappa shape index (κ2) is 5.25. The summed E-state index contributed by atoms with van der Waals surface area (Å²) in [5.74, 6) is -0.0589. The molecule has 106 valence electrons. The van der Waals surface area contributed by atoms with Crippen LogP contribution in [-0.4, -0.2) is 42.9 Å². The molecule has 5 heteroatoms. The molecule has 0 bridgehead atoms. The number of amides is 2. The monoisotopic (exact) mass is 273 g/mol. The maximum atomic E-state index is 12.2. The van der Waals surface area contributed by atoms with E-state index in [-0.39, 0.29) is 17.9 Å². The minimum atomic E-state index is -0.0523. The Morgan fingerprint density at radius 1 is 1.35 bits per heavy atom. The third-order valence-corrected chi connectivity index (χ3v) is 4.05. The molecule has 0 saturated carbocycles. The molecule has 1 fully saturated rings. The van der Waals surface area contributed by atoms with Crippen LogP contribution in [0.4, 0.5) is 5.69 Å². The minimum Gasteiger partial charge on any atom is -0.349 e. The van der Waals surface area contributed by atoms with Crippen LogP contribution in [0.3, 0.4) is 0 Å². The standard InChI is InChI=1S/C15H19N3O2/c1-18-6-4-12(5-7-18)16-15(20)11-3-2-10-9-14(19)17-13(10)8-11/h2-3,8,12H,4-7,9H2,1H3,(H,16,20)(H,17,19). The largest absolute Gasteiger partial charge is 0.349 e. The van der Waals surface area contributed by atoms with Crippen LogP contribution >= 0.6 is 0 Å². The maximum absolute atomic E-state index is 12.2. The lowest BCUT2D eigenvalue weighted by molar-refractivity contribution is -0.115. The molecule has 2 aliphatic heterocycles. The number of benzene rings is 1. The Kier molecular flexibility index (Phi) is 3.44. The molecule has 0 aliphatic carbocycles. The summed E-state index contributed by atoms with van der Waals surface area (Å²) in [6, 6.07) is 5.67. The summed E-state index contributed by atoms with van der Waals surface area (Å²) in [4.78, 5) is 25.8. The fraction of sp³-hybridized carbons (Fsp3) is 0.467. The smallest absolute Gasteiger partial charge is 0.251 e. The molecule has 3 rings (SSSR count). The van der Waals surface area contributed by atoms with Gasteiger partial charge in [-0.2, -0.15) is 0 Å². The van der Waals surface area contributed by atoms with E-state index in [1.54, 1.807) is 12.1 Å². The van der Waals surface area contributed by atoms with Crippen LogP contribution in [0.15, 0.2) is 18.2 Å². The first-order chi connectivity index (χ1) is 9.61. The van der Waals surface area contributed by atoms with Gasteiger partial charge in [0, 0.05) is 17.3 Å². The second-order valence-corrected chi connectivity index (χ2v) is 5.65. The molecule has 2 aliphatic rings. The predicted octanol–water partition coefficient (Wildman–Crippen LogP) is 1.01. The average Bonchev–Trinajstić information content (AvgIpc) is 2.80. The number of fused-ring (bicyclic) bond motifs is 1. The van der Waals surface area contributed by atoms with E-state index in [0.29, 0.717) is 12.0 Å². The van der Waals surface area contributed by atoms with Gasteiger partial charge in [-0.25, -0.2) is 0 Å². The molecule has 0 aromatic heterocycles. The molecule has 2 N–H and O–H groups in total. The zero-order valence-corrected chi connectivity index (χ0v) is 11.6. The highest BCUT2D eigenvalue weighted by Gasteiger charge is 2.21. The number of nitrogens with zero attached hydrogens (tertiary/aromatic N) is 1. The first-order valence-electron chi connectivity index (χ1n) is 7.04. The van der Waals surface area contributed by atoms with Gasteiger partial charge in [0.25, 0.3) is 5.91 Å². The van der Waals surface area contributed by atoms with Crippen molar-refractivity contribution < 1.29 is 9.59 Å². The van der Waals surface area contributed by atoms with Crippen molar-refractivity contribution in [2.75, 3.05) is 25.5 Å². The van der Waals surface area contributed by atoms with Crippen molar-refractivity contribution in [2.45, 2.75) is 25.3 Å². The molecule has 0 unspecified atom stereocenters. The van der Waals surface area contributed by atoms with Gasteiger partial charge in [-0.15, -0.1) is 0 Å². The van der Waals surface area contributed by atoms with Gasteiger partial charge < -0.3 is 15.5 Å². The number of rotatable bonds is 2. The van der Waals surface area contributed by atoms with Crippen molar-refractivity contribution in [3.8, 4) is 0 Å². The van der Waals surface area contributed by atoms with Crippen LogP contribution in [-0.2, 0) is 11.2 Å². The lowest BCUT2D eigenvalue weighted by Crippen LogP contribution is -2.43. The fourth-order valence-corrected chi connectivity index (χ4v) is 2.78. The van der Waals surface area contributed by atoms with Crippen LogP contribution in [0.5, 0.6) is 0 Å². The lowest BCUT2D eigenvalue weighted by atomic mass is 10.0. The Morgan fingerprint density at radius 3 is 2.85 bits per heavy atom. The van der Waals surface area contributed by atoms with Gasteiger partial charge in [0.05, 0.1) is 6.42 Å². The third-order valence-electron chi connectivity index (χ3n) is 4.05. The summed E-state index contributed by atoms with van der Waals surface area (Å²) in [5.41, 5.74) is 2.35. The van der Waals surface area contributed by atoms with E-state index in [0.717, 1.165) is 37.2 Å². The van der Waals surface area contributed by atoms with Crippen molar-refractivity contribution in [1.29, 1.82) is 0 Å². The van der Waals surface area contributed by atoms with Gasteiger partial charge in [0.15, 0.2) is 0 Å². The van der Waals surface area contributed by atoms with Gasteiger partial charge in [-0.3, -0.25) is 9.59 Å². The van der Waals surface area contributed by atoms with E-state index in [4.69, 9.17) is 0 Å². The molecule has 1 saturated heterocycles. The molecule has 0 spiro atoms. The first-order valence-corrected chi connectivity index (χ1v) is 7.04. The van der Waals surface area contributed by atoms with Crippen molar-refractivity contribution in [3.63, 3.8) is 0 Å². The Morgan fingerprint density at radius 2 is 2.10 bits per heavy atom. The number of hydrogen-bond donors (Lipinski definition) is 2. The molecular weight excluding hydrogens is 254 g/mol. The molecule has 2 heterocycles. The molecule has 0 radical (unpaired) electrons. The number of nitrogens with one attached hydrogen (secondary N) is 2. The van der Waals surface area contributed by atoms with E-state index in [1.165, 1.54) is 0 Å². The van der Waals surface area contributed by atoms with Gasteiger partial charge in [0.2, 0.25) is 5.91 Å². The van der Waals surface area contributed by atoms with E-state index in [2.05, 4.69) is 22.6 Å². The number of hydrogen-bond acceptors (Lipinski definition) is 3. The van der Waals surface area contributed by atoms with Crippen molar-refractivity contribution in [3.05, 3.63) is 29.3 Å². The highest BCUT2D eigenvalue weighted by molar-refractivity contribution is 6.02. The van der Waals surface area contributed by atoms with E-state index in [1.807, 2.05) is 6.07 Å². The summed E-state index contributed by atoms with van der Waals surface area (Å²) >= 11 is 0. The van der Waals surface area contributed by atoms with Crippen molar-refractivity contribution >= 4 is 17.5 Å². The summed E-state index contributed by atoms with van der Waals surface area (Å²) in [6.07, 6.45) is 2.39. The summed E-state index contributed by atoms with van der Waals surface area (Å²) < 4.78 is 0. The molecule has 1 aromatic rings. The Balaban J connectivity index is 1.66. The van der Waals surface area contributed by atoms with Gasteiger partial charge in [-0.05, 0) is 50.7 Å². The number of carbonyl (C=O) groups is 2. The molecular formula is C15H19N3O2. The maximum Gasteiger partial charge on any atom is 0.251 e. The normalized spacial score (nSPS) is 19.6. The summed E-state index contributed by atoms with van der Waals surface area (Å²) in [6.45, 7) is 2.04. The number of anilines is 1. The first kappa shape index (κ1) is 13.1. The fourth-order valence-electron chi connectivity index (χ4n) is 2.78. The van der Waals surface area contributed by atoms with Crippen molar-refractivity contribution in [1.82, 2.24) is 10.2 Å². The zero-order chi connectivity index (χ0) is 14.1. The van der Waals surface area contributed by atoms with E-state index < -0.39 is 0 Å². The number of likely N-dealkylation sites (tertiary alicyclic amines) is 1. The van der Waals surface area contributed by atoms with Gasteiger partial charge in [-0.1, -0.05) is 6.07 Å². The van der Waals surface area contributed by atoms with Crippen LogP contribution in [0.2, 0.25) is 0 Å². The zero-order valence-electron chi connectivity index (χ0n) is 11.6. The molecule has 1 aromatic carbocycles. The topological polar surface area (TPSA) is 61.4 Å². The predicted molar refractivity (Wildman–Crippen MR) is 76.8 cm³/mol. The summed E-state index contributed by atoms with van der Waals surface area (Å²) in [5, 5.41) is 5.86. The van der Waals surface area contributed by atoms with Gasteiger partial charge >= 0.3 is 0 Å². The molecule has 5 nitrogen and oxygen atoms in total.